The summed E-state index contributed by atoms with van der Waals surface area (Å²) in [7, 11) is 0. The Morgan fingerprint density at radius 3 is 2.20 bits per heavy atom. The molecule has 0 aliphatic carbocycles. The van der Waals surface area contributed by atoms with Gasteiger partial charge in [-0.25, -0.2) is 0 Å². The van der Waals surface area contributed by atoms with Gasteiger partial charge in [-0.05, 0) is 31.2 Å². The number of terminal acetylenes is 1. The Bertz CT molecular complexity index is 720. The molecule has 2 atom stereocenters. The number of anilines is 2. The van der Waals surface area contributed by atoms with E-state index in [0.717, 1.165) is 5.69 Å². The SMILES string of the molecule is C#CC(C)N(C(=O)CCl)c1ccccc1.O=S([O-])Nc1ccccc1. The number of hydrogen-bond donors (Lipinski definition) is 1. The first-order valence-corrected chi connectivity index (χ1v) is 8.90. The molecule has 0 aromatic heterocycles. The fraction of sp³-hybridized carbons (Fsp3) is 0.167. The van der Waals surface area contributed by atoms with Gasteiger partial charge < -0.3 is 9.27 Å². The van der Waals surface area contributed by atoms with E-state index < -0.39 is 11.3 Å². The molecule has 0 aliphatic heterocycles. The van der Waals surface area contributed by atoms with Crippen molar-refractivity contribution < 1.29 is 13.6 Å². The van der Waals surface area contributed by atoms with E-state index in [1.165, 1.54) is 4.90 Å². The Labute approximate surface area is 155 Å². The van der Waals surface area contributed by atoms with Crippen molar-refractivity contribution in [2.24, 2.45) is 0 Å². The third-order valence-electron chi connectivity index (χ3n) is 3.02. The van der Waals surface area contributed by atoms with E-state index in [4.69, 9.17) is 18.0 Å². The Morgan fingerprint density at radius 2 is 1.76 bits per heavy atom. The molecule has 0 spiro atoms. The number of nitrogens with zero attached hydrogens (tertiary/aromatic N) is 1. The third-order valence-corrected chi connectivity index (χ3v) is 3.65. The number of nitrogens with one attached hydrogen (secondary N) is 1. The normalized spacial score (nSPS) is 11.9. The summed E-state index contributed by atoms with van der Waals surface area (Å²) in [6.07, 6.45) is 5.32. The highest BCUT2D eigenvalue weighted by atomic mass is 35.5. The number of hydrogen-bond acceptors (Lipinski definition) is 3. The molecule has 132 valence electrons. The second kappa shape index (κ2) is 11.3. The Kier molecular flexibility index (Phi) is 9.33. The van der Waals surface area contributed by atoms with Crippen LogP contribution in [0.5, 0.6) is 0 Å². The molecule has 2 unspecified atom stereocenters. The zero-order valence-corrected chi connectivity index (χ0v) is 15.2. The highest BCUT2D eigenvalue weighted by Crippen LogP contribution is 2.16. The maximum absolute atomic E-state index is 11.6. The van der Waals surface area contributed by atoms with Crippen molar-refractivity contribution in [1.82, 2.24) is 0 Å². The maximum Gasteiger partial charge on any atom is 0.242 e. The number of para-hydroxylation sites is 2. The number of carbonyl (C=O) groups is 1. The van der Waals surface area contributed by atoms with Crippen molar-refractivity contribution in [3.05, 3.63) is 60.7 Å². The van der Waals surface area contributed by atoms with Crippen molar-refractivity contribution in [2.45, 2.75) is 13.0 Å². The summed E-state index contributed by atoms with van der Waals surface area (Å²) >= 11 is 3.32. The van der Waals surface area contributed by atoms with Gasteiger partial charge in [-0.15, -0.1) is 18.0 Å². The van der Waals surface area contributed by atoms with E-state index in [9.17, 15) is 13.6 Å². The van der Waals surface area contributed by atoms with Crippen LogP contribution < -0.4 is 9.62 Å². The van der Waals surface area contributed by atoms with Gasteiger partial charge in [-0.1, -0.05) is 42.3 Å². The summed E-state index contributed by atoms with van der Waals surface area (Å²) < 4.78 is 22.3. The Morgan fingerprint density at radius 1 is 1.24 bits per heavy atom. The number of carbonyl (C=O) groups excluding carboxylic acids is 1. The van der Waals surface area contributed by atoms with E-state index in [1.807, 2.05) is 36.4 Å². The topological polar surface area (TPSA) is 72.5 Å². The van der Waals surface area contributed by atoms with Crippen LogP contribution in [0.15, 0.2) is 60.7 Å². The predicted octanol–water partition coefficient (Wildman–Crippen LogP) is 3.17. The second-order valence-corrected chi connectivity index (χ2v) is 5.72. The molecule has 0 radical (unpaired) electrons. The van der Waals surface area contributed by atoms with Crippen molar-refractivity contribution >= 4 is 40.1 Å². The second-order valence-electron chi connectivity index (χ2n) is 4.78. The van der Waals surface area contributed by atoms with Crippen LogP contribution in [0.2, 0.25) is 0 Å². The fourth-order valence-electron chi connectivity index (χ4n) is 1.91. The molecule has 0 heterocycles. The van der Waals surface area contributed by atoms with Gasteiger partial charge in [-0.3, -0.25) is 13.9 Å². The van der Waals surface area contributed by atoms with E-state index in [1.54, 1.807) is 31.2 Å². The molecule has 0 fully saturated rings. The molecular formula is C18H18ClN2O3S-. The predicted molar refractivity (Wildman–Crippen MR) is 102 cm³/mol. The molecular weight excluding hydrogens is 360 g/mol. The molecule has 2 aromatic carbocycles. The quantitative estimate of drug-likeness (QED) is 0.494. The molecule has 1 amide bonds. The molecule has 0 saturated heterocycles. The monoisotopic (exact) mass is 377 g/mol. The lowest BCUT2D eigenvalue weighted by Crippen LogP contribution is -2.38. The van der Waals surface area contributed by atoms with Gasteiger partial charge in [0.25, 0.3) is 0 Å². The molecule has 7 heteroatoms. The molecule has 1 N–H and O–H groups in total. The van der Waals surface area contributed by atoms with Crippen LogP contribution in [0, 0.1) is 12.3 Å². The van der Waals surface area contributed by atoms with E-state index in [-0.39, 0.29) is 17.8 Å². The van der Waals surface area contributed by atoms with Gasteiger partial charge >= 0.3 is 0 Å². The number of alkyl halides is 1. The lowest BCUT2D eigenvalue weighted by molar-refractivity contribution is -0.116. The summed E-state index contributed by atoms with van der Waals surface area (Å²) in [5, 5.41) is 0. The average Bonchev–Trinajstić information content (AvgIpc) is 2.63. The van der Waals surface area contributed by atoms with Crippen molar-refractivity contribution in [1.29, 1.82) is 0 Å². The largest absolute Gasteiger partial charge is 0.755 e. The van der Waals surface area contributed by atoms with Crippen LogP contribution in [-0.4, -0.2) is 26.6 Å². The molecule has 0 saturated carbocycles. The van der Waals surface area contributed by atoms with Crippen LogP contribution in [0.3, 0.4) is 0 Å². The first kappa shape index (κ1) is 20.7. The van der Waals surface area contributed by atoms with Crippen LogP contribution in [0.4, 0.5) is 11.4 Å². The van der Waals surface area contributed by atoms with Crippen LogP contribution in [-0.2, 0) is 16.1 Å². The van der Waals surface area contributed by atoms with Crippen LogP contribution >= 0.6 is 11.6 Å². The number of rotatable bonds is 5. The zero-order valence-electron chi connectivity index (χ0n) is 13.6. The lowest BCUT2D eigenvalue weighted by atomic mass is 10.2. The van der Waals surface area contributed by atoms with Gasteiger partial charge in [0.2, 0.25) is 5.91 Å². The lowest BCUT2D eigenvalue weighted by Gasteiger charge is -2.25. The Balaban J connectivity index is 0.000000271. The number of benzene rings is 2. The summed E-state index contributed by atoms with van der Waals surface area (Å²) in [4.78, 5) is 13.1. The minimum absolute atomic E-state index is 0.0685. The number of halogens is 1. The van der Waals surface area contributed by atoms with E-state index >= 15 is 0 Å². The molecule has 2 rings (SSSR count). The average molecular weight is 378 g/mol. The molecule has 0 aliphatic rings. The summed E-state index contributed by atoms with van der Waals surface area (Å²) in [6.45, 7) is 1.79. The van der Waals surface area contributed by atoms with Gasteiger partial charge in [0.15, 0.2) is 0 Å². The highest BCUT2D eigenvalue weighted by molar-refractivity contribution is 7.80. The fourth-order valence-corrected chi connectivity index (χ4v) is 2.37. The third kappa shape index (κ3) is 7.40. The van der Waals surface area contributed by atoms with Gasteiger partial charge in [-0.2, -0.15) is 0 Å². The van der Waals surface area contributed by atoms with Gasteiger partial charge in [0.1, 0.15) is 5.88 Å². The smallest absolute Gasteiger partial charge is 0.242 e. The van der Waals surface area contributed by atoms with E-state index in [0.29, 0.717) is 5.69 Å². The standard InChI is InChI=1S/C12H12ClNO.C6H7NO2S/c1-3-10(2)14(12(15)9-13)11-7-5-4-6-8-11;8-10(9)7-6-4-2-1-3-5-6/h1,4-8,10H,9H2,2H3;1-5,7H,(H,8,9)/p-1. The zero-order chi connectivity index (χ0) is 18.7. The summed E-state index contributed by atoms with van der Waals surface area (Å²) in [5.74, 6) is 2.27. The van der Waals surface area contributed by atoms with Gasteiger partial charge in [0.05, 0.1) is 6.04 Å². The Hall–Kier alpha value is -2.33. The van der Waals surface area contributed by atoms with E-state index in [2.05, 4.69) is 10.6 Å². The van der Waals surface area contributed by atoms with Gasteiger partial charge in [0, 0.05) is 22.6 Å². The van der Waals surface area contributed by atoms with Crippen molar-refractivity contribution in [3.8, 4) is 12.3 Å². The summed E-state index contributed by atoms with van der Waals surface area (Å²) in [6, 6.07) is 17.7. The molecule has 2 aromatic rings. The first-order valence-electron chi connectivity index (χ1n) is 7.29. The van der Waals surface area contributed by atoms with Crippen LogP contribution in [0.25, 0.3) is 0 Å². The highest BCUT2D eigenvalue weighted by Gasteiger charge is 2.18. The number of amides is 1. The maximum atomic E-state index is 11.6. The molecule has 0 bridgehead atoms. The molecule has 5 nitrogen and oxygen atoms in total. The van der Waals surface area contributed by atoms with Crippen molar-refractivity contribution in [3.63, 3.8) is 0 Å². The van der Waals surface area contributed by atoms with Crippen LogP contribution in [0.1, 0.15) is 6.92 Å². The summed E-state index contributed by atoms with van der Waals surface area (Å²) in [5.41, 5.74) is 1.35. The molecule has 25 heavy (non-hydrogen) atoms. The van der Waals surface area contributed by atoms with Crippen molar-refractivity contribution in [2.75, 3.05) is 15.5 Å². The minimum Gasteiger partial charge on any atom is -0.755 e. The first-order chi connectivity index (χ1) is 12.0. The minimum atomic E-state index is -2.22.